The van der Waals surface area contributed by atoms with E-state index < -0.39 is 15.6 Å². The van der Waals surface area contributed by atoms with E-state index in [1.807, 2.05) is 0 Å². The molecule has 1 saturated carbocycles. The van der Waals surface area contributed by atoms with Gasteiger partial charge in [0.15, 0.2) is 0 Å². The summed E-state index contributed by atoms with van der Waals surface area (Å²) < 4.78 is 27.7. The second-order valence-corrected chi connectivity index (χ2v) is 7.45. The Morgan fingerprint density at radius 2 is 1.90 bits per heavy atom. The van der Waals surface area contributed by atoms with E-state index in [1.165, 1.54) is 0 Å². The minimum atomic E-state index is -3.66. The van der Waals surface area contributed by atoms with Gasteiger partial charge in [-0.2, -0.15) is 4.72 Å². The van der Waals surface area contributed by atoms with E-state index in [0.717, 1.165) is 19.3 Å². The van der Waals surface area contributed by atoms with Crippen molar-refractivity contribution in [3.63, 3.8) is 0 Å². The number of nitrogens with one attached hydrogen (secondary N) is 2. The van der Waals surface area contributed by atoms with Crippen LogP contribution in [0, 0.1) is 11.3 Å². The molecular weight excluding hydrogens is 286 g/mol. The Morgan fingerprint density at radius 1 is 1.33 bits per heavy atom. The van der Waals surface area contributed by atoms with Crippen molar-refractivity contribution in [2.24, 2.45) is 11.7 Å². The molecular formula is C15H23N3O2S. The topological polar surface area (TPSA) is 96.0 Å². The molecule has 2 rings (SSSR count). The molecule has 1 fully saturated rings. The number of hydrogen-bond acceptors (Lipinski definition) is 3. The third-order valence-electron chi connectivity index (χ3n) is 4.43. The van der Waals surface area contributed by atoms with Gasteiger partial charge in [-0.25, -0.2) is 8.42 Å². The molecule has 116 valence electrons. The first kappa shape index (κ1) is 16.0. The van der Waals surface area contributed by atoms with E-state index in [4.69, 9.17) is 11.1 Å². The summed E-state index contributed by atoms with van der Waals surface area (Å²) in [7, 11) is -3.66. The summed E-state index contributed by atoms with van der Waals surface area (Å²) >= 11 is 0. The van der Waals surface area contributed by atoms with Crippen LogP contribution in [0.3, 0.4) is 0 Å². The maximum Gasteiger partial charge on any atom is 0.241 e. The molecule has 0 radical (unpaired) electrons. The summed E-state index contributed by atoms with van der Waals surface area (Å²) in [6.45, 7) is 2.14. The molecule has 0 bridgehead atoms. The van der Waals surface area contributed by atoms with Crippen LogP contribution < -0.4 is 10.5 Å². The van der Waals surface area contributed by atoms with Gasteiger partial charge < -0.3 is 5.73 Å². The van der Waals surface area contributed by atoms with Crippen LogP contribution in [-0.2, 0) is 10.0 Å². The molecule has 0 atom stereocenters. The Kier molecular flexibility index (Phi) is 4.68. The maximum absolute atomic E-state index is 12.5. The van der Waals surface area contributed by atoms with Crippen LogP contribution in [0.25, 0.3) is 0 Å². The molecule has 1 aromatic carbocycles. The lowest BCUT2D eigenvalue weighted by Crippen LogP contribution is -2.58. The Labute approximate surface area is 126 Å². The molecule has 0 unspecified atom stereocenters. The zero-order valence-corrected chi connectivity index (χ0v) is 13.1. The predicted molar refractivity (Wildman–Crippen MR) is 83.7 cm³/mol. The highest BCUT2D eigenvalue weighted by Crippen LogP contribution is 2.34. The Hall–Kier alpha value is -1.40. The zero-order chi connectivity index (χ0) is 15.5. The van der Waals surface area contributed by atoms with E-state index in [2.05, 4.69) is 11.6 Å². The van der Waals surface area contributed by atoms with Crippen molar-refractivity contribution in [1.82, 2.24) is 4.72 Å². The highest BCUT2D eigenvalue weighted by Gasteiger charge is 2.41. The fraction of sp³-hybridized carbons (Fsp3) is 0.533. The van der Waals surface area contributed by atoms with Crippen molar-refractivity contribution >= 4 is 15.9 Å². The lowest BCUT2D eigenvalue weighted by Gasteiger charge is -2.39. The SMILES string of the molecule is CCC1CCC(NS(=O)(=O)c2ccccc2)(C(=N)N)CC1. The van der Waals surface area contributed by atoms with Gasteiger partial charge in [-0.15, -0.1) is 0 Å². The van der Waals surface area contributed by atoms with Crippen molar-refractivity contribution in [1.29, 1.82) is 5.41 Å². The summed E-state index contributed by atoms with van der Waals surface area (Å²) in [4.78, 5) is 0.211. The molecule has 0 amide bonds. The highest BCUT2D eigenvalue weighted by molar-refractivity contribution is 7.89. The molecule has 1 aromatic rings. The van der Waals surface area contributed by atoms with Gasteiger partial charge in [-0.3, -0.25) is 5.41 Å². The number of amidine groups is 1. The lowest BCUT2D eigenvalue weighted by atomic mass is 9.75. The number of nitrogens with two attached hydrogens (primary N) is 1. The van der Waals surface area contributed by atoms with E-state index >= 15 is 0 Å². The zero-order valence-electron chi connectivity index (χ0n) is 12.3. The molecule has 0 heterocycles. The third-order valence-corrected chi connectivity index (χ3v) is 5.99. The van der Waals surface area contributed by atoms with Crippen molar-refractivity contribution < 1.29 is 8.42 Å². The van der Waals surface area contributed by atoms with Crippen molar-refractivity contribution in [2.75, 3.05) is 0 Å². The lowest BCUT2D eigenvalue weighted by molar-refractivity contribution is 0.266. The Bertz CT molecular complexity index is 591. The van der Waals surface area contributed by atoms with Crippen LogP contribution in [0.15, 0.2) is 35.2 Å². The van der Waals surface area contributed by atoms with Crippen LogP contribution in [0.5, 0.6) is 0 Å². The van der Waals surface area contributed by atoms with Gasteiger partial charge in [0.05, 0.1) is 10.4 Å². The first-order valence-electron chi connectivity index (χ1n) is 7.33. The van der Waals surface area contributed by atoms with Gasteiger partial charge in [0.2, 0.25) is 10.0 Å². The van der Waals surface area contributed by atoms with E-state index in [1.54, 1.807) is 30.3 Å². The van der Waals surface area contributed by atoms with E-state index in [9.17, 15) is 8.42 Å². The van der Waals surface area contributed by atoms with Gasteiger partial charge in [-0.1, -0.05) is 31.5 Å². The summed E-state index contributed by atoms with van der Waals surface area (Å²) in [6, 6.07) is 8.24. The quantitative estimate of drug-likeness (QED) is 0.575. The Balaban J connectivity index is 2.24. The molecule has 5 nitrogen and oxygen atoms in total. The van der Waals surface area contributed by atoms with Crippen molar-refractivity contribution in [2.45, 2.75) is 49.5 Å². The molecule has 0 aromatic heterocycles. The molecule has 0 aliphatic heterocycles. The number of rotatable bonds is 5. The van der Waals surface area contributed by atoms with Crippen LogP contribution >= 0.6 is 0 Å². The molecule has 21 heavy (non-hydrogen) atoms. The number of benzene rings is 1. The fourth-order valence-corrected chi connectivity index (χ4v) is 4.38. The normalized spacial score (nSPS) is 26.4. The minimum Gasteiger partial charge on any atom is -0.386 e. The van der Waals surface area contributed by atoms with E-state index in [0.29, 0.717) is 18.8 Å². The van der Waals surface area contributed by atoms with Crippen molar-refractivity contribution in [3.8, 4) is 0 Å². The largest absolute Gasteiger partial charge is 0.386 e. The molecule has 0 spiro atoms. The van der Waals surface area contributed by atoms with Crippen molar-refractivity contribution in [3.05, 3.63) is 30.3 Å². The average molecular weight is 309 g/mol. The number of sulfonamides is 1. The van der Waals surface area contributed by atoms with E-state index in [-0.39, 0.29) is 10.7 Å². The monoisotopic (exact) mass is 309 g/mol. The highest BCUT2D eigenvalue weighted by atomic mass is 32.2. The predicted octanol–water partition coefficient (Wildman–Crippen LogP) is 2.24. The van der Waals surface area contributed by atoms with Gasteiger partial charge in [0.1, 0.15) is 5.84 Å². The second-order valence-electron chi connectivity index (χ2n) is 5.77. The van der Waals surface area contributed by atoms with Crippen LogP contribution in [0.2, 0.25) is 0 Å². The van der Waals surface area contributed by atoms with Gasteiger partial charge in [0.25, 0.3) is 0 Å². The van der Waals surface area contributed by atoms with Gasteiger partial charge in [0, 0.05) is 0 Å². The average Bonchev–Trinajstić information content (AvgIpc) is 2.48. The standard InChI is InChI=1S/C15H23N3O2S/c1-2-12-8-10-15(11-9-12,14(16)17)18-21(19,20)13-6-4-3-5-7-13/h3-7,12,18H,2,8-11H2,1H3,(H3,16,17). The first-order chi connectivity index (χ1) is 9.89. The summed E-state index contributed by atoms with van der Waals surface area (Å²) in [6.07, 6.45) is 4.06. The summed E-state index contributed by atoms with van der Waals surface area (Å²) in [5.41, 5.74) is 4.80. The Morgan fingerprint density at radius 3 is 2.38 bits per heavy atom. The third kappa shape index (κ3) is 3.44. The minimum absolute atomic E-state index is 0.0865. The molecule has 0 saturated heterocycles. The fourth-order valence-electron chi connectivity index (χ4n) is 2.92. The molecule has 6 heteroatoms. The maximum atomic E-state index is 12.5. The molecule has 4 N–H and O–H groups in total. The van der Waals surface area contributed by atoms with Crippen LogP contribution in [0.4, 0.5) is 0 Å². The second kappa shape index (κ2) is 6.15. The number of hydrogen-bond donors (Lipinski definition) is 3. The van der Waals surface area contributed by atoms with Crippen LogP contribution in [-0.4, -0.2) is 19.8 Å². The first-order valence-corrected chi connectivity index (χ1v) is 8.81. The summed E-state index contributed by atoms with van der Waals surface area (Å²) in [5, 5.41) is 7.85. The van der Waals surface area contributed by atoms with Gasteiger partial charge >= 0.3 is 0 Å². The molecule has 1 aliphatic rings. The molecule has 1 aliphatic carbocycles. The van der Waals surface area contributed by atoms with Gasteiger partial charge in [-0.05, 0) is 43.7 Å². The van der Waals surface area contributed by atoms with Crippen LogP contribution in [0.1, 0.15) is 39.0 Å². The smallest absolute Gasteiger partial charge is 0.241 e. The summed E-state index contributed by atoms with van der Waals surface area (Å²) in [5.74, 6) is 0.510.